The number of amides is 1. The molecule has 0 aromatic rings. The zero-order valence-electron chi connectivity index (χ0n) is 8.36. The molecule has 0 aromatic heterocycles. The number of hydroxylamine groups is 1. The third-order valence-electron chi connectivity index (χ3n) is 2.40. The number of carboxylic acids is 1. The minimum absolute atomic E-state index is 0.205. The maximum atomic E-state index is 11.6. The van der Waals surface area contributed by atoms with E-state index in [0.29, 0.717) is 6.61 Å². The van der Waals surface area contributed by atoms with Crippen molar-refractivity contribution in [1.29, 1.82) is 0 Å². The normalized spacial score (nSPS) is 30.1. The van der Waals surface area contributed by atoms with Gasteiger partial charge >= 0.3 is 5.97 Å². The van der Waals surface area contributed by atoms with Crippen LogP contribution in [0.1, 0.15) is 6.92 Å². The lowest BCUT2D eigenvalue weighted by molar-refractivity contribution is -0.153. The molecule has 0 saturated carbocycles. The Morgan fingerprint density at radius 3 is 2.87 bits per heavy atom. The molecule has 0 aromatic carbocycles. The van der Waals surface area contributed by atoms with E-state index in [1.165, 1.54) is 0 Å². The van der Waals surface area contributed by atoms with Gasteiger partial charge < -0.3 is 15.6 Å². The molecular weight excluding hydrogens is 204 g/mol. The van der Waals surface area contributed by atoms with E-state index in [2.05, 4.69) is 4.84 Å². The summed E-state index contributed by atoms with van der Waals surface area (Å²) in [6.45, 7) is 1.57. The minimum atomic E-state index is -1.16. The summed E-state index contributed by atoms with van der Waals surface area (Å²) in [6.07, 6.45) is 0. The average Bonchev–Trinajstić information content (AvgIpc) is 2.47. The Hall–Kier alpha value is -1.18. The molecule has 0 aliphatic carbocycles. The number of rotatable bonds is 4. The van der Waals surface area contributed by atoms with Crippen molar-refractivity contribution < 1.29 is 24.3 Å². The number of aliphatic carboxylic acids is 1. The molecule has 1 heterocycles. The lowest BCUT2D eigenvalue weighted by atomic mass is 9.85. The molecule has 7 heteroatoms. The highest BCUT2D eigenvalue weighted by molar-refractivity contribution is 5.82. The molecule has 1 aliphatic rings. The predicted molar refractivity (Wildman–Crippen MR) is 48.6 cm³/mol. The molecule has 1 saturated heterocycles. The number of nitrogens with two attached hydrogens (primary N) is 1. The molecule has 2 unspecified atom stereocenters. The maximum Gasteiger partial charge on any atom is 0.332 e. The van der Waals surface area contributed by atoms with Gasteiger partial charge in [-0.25, -0.2) is 10.3 Å². The van der Waals surface area contributed by atoms with Gasteiger partial charge in [0, 0.05) is 6.04 Å². The van der Waals surface area contributed by atoms with E-state index in [9.17, 15) is 9.59 Å². The minimum Gasteiger partial charge on any atom is -0.479 e. The monoisotopic (exact) mass is 218 g/mol. The van der Waals surface area contributed by atoms with E-state index >= 15 is 0 Å². The largest absolute Gasteiger partial charge is 0.479 e. The van der Waals surface area contributed by atoms with Crippen LogP contribution in [-0.2, 0) is 19.2 Å². The predicted octanol–water partition coefficient (Wildman–Crippen LogP) is -1.52. The number of hydrogen-bond donors (Lipinski definition) is 3. The van der Waals surface area contributed by atoms with Crippen LogP contribution in [0.15, 0.2) is 0 Å². The summed E-state index contributed by atoms with van der Waals surface area (Å²) in [7, 11) is 0. The number of nitrogens with one attached hydrogen (secondary N) is 1. The lowest BCUT2D eigenvalue weighted by Gasteiger charge is -2.24. The highest BCUT2D eigenvalue weighted by Gasteiger charge is 2.44. The highest BCUT2D eigenvalue weighted by atomic mass is 16.7. The van der Waals surface area contributed by atoms with Gasteiger partial charge in [0.25, 0.3) is 5.91 Å². The first kappa shape index (κ1) is 11.9. The van der Waals surface area contributed by atoms with E-state index in [1.807, 2.05) is 5.48 Å². The Bertz CT molecular complexity index is 270. The van der Waals surface area contributed by atoms with Crippen molar-refractivity contribution >= 4 is 11.9 Å². The molecule has 2 atom stereocenters. The van der Waals surface area contributed by atoms with Crippen LogP contribution in [0.5, 0.6) is 0 Å². The van der Waals surface area contributed by atoms with Crippen molar-refractivity contribution in [3.05, 3.63) is 0 Å². The molecule has 1 amide bonds. The maximum absolute atomic E-state index is 11.6. The van der Waals surface area contributed by atoms with E-state index in [-0.39, 0.29) is 6.61 Å². The van der Waals surface area contributed by atoms with Gasteiger partial charge in [0.2, 0.25) is 0 Å². The molecule has 1 fully saturated rings. The highest BCUT2D eigenvalue weighted by Crippen LogP contribution is 2.26. The Balaban J connectivity index is 2.42. The van der Waals surface area contributed by atoms with Crippen molar-refractivity contribution in [2.45, 2.75) is 13.0 Å². The van der Waals surface area contributed by atoms with Crippen LogP contribution in [-0.4, -0.2) is 42.8 Å². The van der Waals surface area contributed by atoms with Crippen LogP contribution in [0, 0.1) is 5.41 Å². The molecule has 15 heavy (non-hydrogen) atoms. The summed E-state index contributed by atoms with van der Waals surface area (Å²) >= 11 is 0. The molecule has 1 rings (SSSR count). The standard InChI is InChI=1S/C8H14N2O5/c1-8(4-14-2-5(8)9)7(13)10-15-3-6(11)12/h5H,2-4,9H2,1H3,(H,10,13)(H,11,12). The molecule has 1 aliphatic heterocycles. The van der Waals surface area contributed by atoms with E-state index in [0.717, 1.165) is 0 Å². The quantitative estimate of drug-likeness (QED) is 0.494. The number of hydrogen-bond acceptors (Lipinski definition) is 5. The van der Waals surface area contributed by atoms with Crippen LogP contribution in [0.2, 0.25) is 0 Å². The van der Waals surface area contributed by atoms with Crippen LogP contribution in [0.25, 0.3) is 0 Å². The second kappa shape index (κ2) is 4.56. The van der Waals surface area contributed by atoms with E-state index in [4.69, 9.17) is 15.6 Å². The van der Waals surface area contributed by atoms with E-state index in [1.54, 1.807) is 6.92 Å². The van der Waals surface area contributed by atoms with Crippen molar-refractivity contribution in [3.8, 4) is 0 Å². The smallest absolute Gasteiger partial charge is 0.332 e. The zero-order chi connectivity index (χ0) is 11.5. The fraction of sp³-hybridized carbons (Fsp3) is 0.750. The Kier molecular flexibility index (Phi) is 3.61. The summed E-state index contributed by atoms with van der Waals surface area (Å²) in [4.78, 5) is 26.2. The number of carboxylic acid groups (broad SMARTS) is 1. The van der Waals surface area contributed by atoms with Crippen LogP contribution in [0.4, 0.5) is 0 Å². The van der Waals surface area contributed by atoms with Gasteiger partial charge in [0.15, 0.2) is 6.61 Å². The van der Waals surface area contributed by atoms with Gasteiger partial charge in [-0.1, -0.05) is 0 Å². The first-order chi connectivity index (χ1) is 6.97. The average molecular weight is 218 g/mol. The van der Waals surface area contributed by atoms with Crippen molar-refractivity contribution in [1.82, 2.24) is 5.48 Å². The Morgan fingerprint density at radius 1 is 1.73 bits per heavy atom. The van der Waals surface area contributed by atoms with Gasteiger partial charge in [-0.05, 0) is 6.92 Å². The van der Waals surface area contributed by atoms with E-state index < -0.39 is 29.9 Å². The number of carbonyl (C=O) groups excluding carboxylic acids is 1. The summed E-state index contributed by atoms with van der Waals surface area (Å²) < 4.78 is 5.06. The fourth-order valence-corrected chi connectivity index (χ4v) is 1.20. The van der Waals surface area contributed by atoms with Crippen molar-refractivity contribution in [2.24, 2.45) is 11.1 Å². The molecule has 0 bridgehead atoms. The second-order valence-corrected chi connectivity index (χ2v) is 3.65. The molecule has 86 valence electrons. The van der Waals surface area contributed by atoms with Crippen LogP contribution >= 0.6 is 0 Å². The fourth-order valence-electron chi connectivity index (χ4n) is 1.20. The van der Waals surface area contributed by atoms with Gasteiger partial charge in [-0.3, -0.25) is 9.63 Å². The zero-order valence-corrected chi connectivity index (χ0v) is 8.36. The van der Waals surface area contributed by atoms with Crippen LogP contribution in [0.3, 0.4) is 0 Å². The van der Waals surface area contributed by atoms with Gasteiger partial charge in [0.1, 0.15) is 0 Å². The SMILES string of the molecule is CC1(C(=O)NOCC(=O)O)COCC1N. The molecular formula is C8H14N2O5. The first-order valence-corrected chi connectivity index (χ1v) is 4.44. The molecule has 7 nitrogen and oxygen atoms in total. The third kappa shape index (κ3) is 2.65. The third-order valence-corrected chi connectivity index (χ3v) is 2.40. The van der Waals surface area contributed by atoms with Crippen LogP contribution < -0.4 is 11.2 Å². The Labute approximate surface area is 86.5 Å². The van der Waals surface area contributed by atoms with Gasteiger partial charge in [-0.15, -0.1) is 0 Å². The topological polar surface area (TPSA) is 111 Å². The number of ether oxygens (including phenoxy) is 1. The summed E-state index contributed by atoms with van der Waals surface area (Å²) in [5.41, 5.74) is 6.87. The summed E-state index contributed by atoms with van der Waals surface area (Å²) in [6, 6.07) is -0.411. The van der Waals surface area contributed by atoms with Gasteiger partial charge in [-0.2, -0.15) is 0 Å². The first-order valence-electron chi connectivity index (χ1n) is 4.44. The summed E-state index contributed by atoms with van der Waals surface area (Å²) in [5, 5.41) is 8.28. The lowest BCUT2D eigenvalue weighted by Crippen LogP contribution is -2.50. The van der Waals surface area contributed by atoms with Crippen molar-refractivity contribution in [2.75, 3.05) is 19.8 Å². The molecule has 0 radical (unpaired) electrons. The van der Waals surface area contributed by atoms with Crippen molar-refractivity contribution in [3.63, 3.8) is 0 Å². The van der Waals surface area contributed by atoms with Gasteiger partial charge in [0.05, 0.1) is 18.6 Å². The molecule has 0 spiro atoms. The molecule has 4 N–H and O–H groups in total. The Morgan fingerprint density at radius 2 is 2.40 bits per heavy atom. The second-order valence-electron chi connectivity index (χ2n) is 3.65. The number of carbonyl (C=O) groups is 2. The summed E-state index contributed by atoms with van der Waals surface area (Å²) in [5.74, 6) is -1.62.